The topological polar surface area (TPSA) is 40.5 Å². The molecule has 90 valence electrons. The quantitative estimate of drug-likeness (QED) is 0.834. The van der Waals surface area contributed by atoms with Crippen molar-refractivity contribution in [1.82, 2.24) is 0 Å². The first kappa shape index (κ1) is 13.1. The fraction of sp³-hybridized carbons (Fsp3) is 0.500. The van der Waals surface area contributed by atoms with E-state index in [4.69, 9.17) is 0 Å². The van der Waals surface area contributed by atoms with Gasteiger partial charge in [-0.05, 0) is 18.9 Å². The average Bonchev–Trinajstić information content (AvgIpc) is 2.27. The Labute approximate surface area is 93.5 Å². The number of hydrogen-bond acceptors (Lipinski definition) is 2. The van der Waals surface area contributed by atoms with Crippen LogP contribution in [0.3, 0.4) is 0 Å². The molecule has 16 heavy (non-hydrogen) atoms. The SMILES string of the molecule is CCC(O)(CC)C(O)c1ccc(F)cc1F. The van der Waals surface area contributed by atoms with Crippen LogP contribution in [0.2, 0.25) is 0 Å². The predicted molar refractivity (Wildman–Crippen MR) is 56.8 cm³/mol. The third-order valence-corrected chi connectivity index (χ3v) is 2.99. The monoisotopic (exact) mass is 230 g/mol. The van der Waals surface area contributed by atoms with Gasteiger partial charge in [-0.25, -0.2) is 8.78 Å². The first-order valence-electron chi connectivity index (χ1n) is 5.30. The largest absolute Gasteiger partial charge is 0.387 e. The summed E-state index contributed by atoms with van der Waals surface area (Å²) in [4.78, 5) is 0. The zero-order chi connectivity index (χ0) is 12.3. The maximum absolute atomic E-state index is 13.4. The Morgan fingerprint density at radius 3 is 2.25 bits per heavy atom. The number of aliphatic hydroxyl groups excluding tert-OH is 1. The molecule has 0 aliphatic heterocycles. The molecular formula is C12H16F2O2. The number of aliphatic hydroxyl groups is 2. The van der Waals surface area contributed by atoms with Crippen LogP contribution in [0.5, 0.6) is 0 Å². The molecule has 1 unspecified atom stereocenters. The average molecular weight is 230 g/mol. The maximum Gasteiger partial charge on any atom is 0.132 e. The van der Waals surface area contributed by atoms with Crippen molar-refractivity contribution in [2.75, 3.05) is 0 Å². The van der Waals surface area contributed by atoms with Gasteiger partial charge in [-0.3, -0.25) is 0 Å². The highest BCUT2D eigenvalue weighted by Crippen LogP contribution is 2.32. The summed E-state index contributed by atoms with van der Waals surface area (Å²) in [6, 6.07) is 2.92. The fourth-order valence-electron chi connectivity index (χ4n) is 1.65. The first-order chi connectivity index (χ1) is 7.44. The van der Waals surface area contributed by atoms with Crippen molar-refractivity contribution >= 4 is 0 Å². The van der Waals surface area contributed by atoms with Gasteiger partial charge in [-0.15, -0.1) is 0 Å². The number of benzene rings is 1. The Morgan fingerprint density at radius 2 is 1.81 bits per heavy atom. The molecule has 0 bridgehead atoms. The molecule has 0 saturated heterocycles. The summed E-state index contributed by atoms with van der Waals surface area (Å²) >= 11 is 0. The van der Waals surface area contributed by atoms with Crippen molar-refractivity contribution in [1.29, 1.82) is 0 Å². The van der Waals surface area contributed by atoms with E-state index in [0.717, 1.165) is 12.1 Å². The standard InChI is InChI=1S/C12H16F2O2/c1-3-12(16,4-2)11(15)9-6-5-8(13)7-10(9)14/h5-7,11,15-16H,3-4H2,1-2H3. The maximum atomic E-state index is 13.4. The molecular weight excluding hydrogens is 214 g/mol. The van der Waals surface area contributed by atoms with Gasteiger partial charge in [0.25, 0.3) is 0 Å². The van der Waals surface area contributed by atoms with Crippen LogP contribution in [0.15, 0.2) is 18.2 Å². The lowest BCUT2D eigenvalue weighted by atomic mass is 9.86. The van der Waals surface area contributed by atoms with Crippen molar-refractivity contribution < 1.29 is 19.0 Å². The minimum atomic E-state index is -1.38. The van der Waals surface area contributed by atoms with Crippen LogP contribution < -0.4 is 0 Å². The second-order valence-corrected chi connectivity index (χ2v) is 3.88. The van der Waals surface area contributed by atoms with Crippen molar-refractivity contribution in [3.05, 3.63) is 35.4 Å². The van der Waals surface area contributed by atoms with E-state index in [-0.39, 0.29) is 5.56 Å². The third-order valence-electron chi connectivity index (χ3n) is 2.99. The zero-order valence-electron chi connectivity index (χ0n) is 9.37. The molecule has 0 heterocycles. The molecule has 0 saturated carbocycles. The van der Waals surface area contributed by atoms with Crippen LogP contribution in [-0.4, -0.2) is 15.8 Å². The minimum Gasteiger partial charge on any atom is -0.387 e. The van der Waals surface area contributed by atoms with Gasteiger partial charge in [0.2, 0.25) is 0 Å². The molecule has 2 nitrogen and oxygen atoms in total. The lowest BCUT2D eigenvalue weighted by Crippen LogP contribution is -2.35. The molecule has 1 aromatic rings. The summed E-state index contributed by atoms with van der Waals surface area (Å²) in [6.07, 6.45) is -0.758. The van der Waals surface area contributed by atoms with Crippen LogP contribution in [0, 0.1) is 11.6 Å². The second-order valence-electron chi connectivity index (χ2n) is 3.88. The third kappa shape index (κ3) is 2.39. The van der Waals surface area contributed by atoms with E-state index in [2.05, 4.69) is 0 Å². The van der Waals surface area contributed by atoms with Crippen LogP contribution in [0.25, 0.3) is 0 Å². The van der Waals surface area contributed by atoms with Crippen molar-refractivity contribution in [2.45, 2.75) is 38.4 Å². The van der Waals surface area contributed by atoms with Gasteiger partial charge in [0.1, 0.15) is 17.7 Å². The molecule has 2 N–H and O–H groups in total. The highest BCUT2D eigenvalue weighted by atomic mass is 19.1. The highest BCUT2D eigenvalue weighted by molar-refractivity contribution is 5.23. The summed E-state index contributed by atoms with van der Waals surface area (Å²) in [5.74, 6) is -1.54. The normalized spacial score (nSPS) is 13.9. The van der Waals surface area contributed by atoms with Gasteiger partial charge in [0.05, 0.1) is 5.60 Å². The Kier molecular flexibility index (Phi) is 3.99. The number of halogens is 2. The molecule has 0 aliphatic carbocycles. The molecule has 0 radical (unpaired) electrons. The Balaban J connectivity index is 3.08. The summed E-state index contributed by atoms with van der Waals surface area (Å²) in [6.45, 7) is 3.41. The first-order valence-corrected chi connectivity index (χ1v) is 5.30. The van der Waals surface area contributed by atoms with Crippen molar-refractivity contribution in [3.8, 4) is 0 Å². The van der Waals surface area contributed by atoms with Crippen LogP contribution in [-0.2, 0) is 0 Å². The van der Waals surface area contributed by atoms with Crippen LogP contribution in [0.1, 0.15) is 38.4 Å². The predicted octanol–water partition coefficient (Wildman–Crippen LogP) is 2.55. The van der Waals surface area contributed by atoms with Gasteiger partial charge in [-0.2, -0.15) is 0 Å². The van der Waals surface area contributed by atoms with E-state index in [0.29, 0.717) is 18.9 Å². The van der Waals surface area contributed by atoms with E-state index in [9.17, 15) is 19.0 Å². The van der Waals surface area contributed by atoms with Gasteiger partial charge < -0.3 is 10.2 Å². The van der Waals surface area contributed by atoms with Crippen molar-refractivity contribution in [3.63, 3.8) is 0 Å². The number of rotatable bonds is 4. The van der Waals surface area contributed by atoms with Crippen molar-refractivity contribution in [2.24, 2.45) is 0 Å². The van der Waals surface area contributed by atoms with Crippen LogP contribution >= 0.6 is 0 Å². The lowest BCUT2D eigenvalue weighted by Gasteiger charge is -2.31. The molecule has 0 aromatic heterocycles. The summed E-state index contributed by atoms with van der Waals surface area (Å²) in [5, 5.41) is 19.9. The molecule has 1 aromatic carbocycles. The molecule has 4 heteroatoms. The molecule has 1 atom stereocenters. The molecule has 1 rings (SSSR count). The Morgan fingerprint density at radius 1 is 1.25 bits per heavy atom. The fourth-order valence-corrected chi connectivity index (χ4v) is 1.65. The second kappa shape index (κ2) is 4.89. The highest BCUT2D eigenvalue weighted by Gasteiger charge is 2.34. The Hall–Kier alpha value is -1.00. The summed E-state index contributed by atoms with van der Waals surface area (Å²) in [7, 11) is 0. The molecule has 0 aliphatic rings. The van der Waals surface area contributed by atoms with E-state index in [1.807, 2.05) is 0 Å². The van der Waals surface area contributed by atoms with Gasteiger partial charge >= 0.3 is 0 Å². The molecule has 0 fully saturated rings. The van der Waals surface area contributed by atoms with Gasteiger partial charge in [-0.1, -0.05) is 19.9 Å². The van der Waals surface area contributed by atoms with Gasteiger partial charge in [0, 0.05) is 11.6 Å². The minimum absolute atomic E-state index is 0.0763. The van der Waals surface area contributed by atoms with Crippen LogP contribution in [0.4, 0.5) is 8.78 Å². The Bertz CT molecular complexity index is 362. The summed E-state index contributed by atoms with van der Waals surface area (Å²) < 4.78 is 26.1. The van der Waals surface area contributed by atoms with Gasteiger partial charge in [0.15, 0.2) is 0 Å². The molecule has 0 spiro atoms. The van der Waals surface area contributed by atoms with E-state index in [1.54, 1.807) is 13.8 Å². The zero-order valence-corrected chi connectivity index (χ0v) is 9.37. The van der Waals surface area contributed by atoms with E-state index >= 15 is 0 Å². The van der Waals surface area contributed by atoms with E-state index in [1.165, 1.54) is 0 Å². The summed E-state index contributed by atoms with van der Waals surface area (Å²) in [5.41, 5.74) is -1.45. The van der Waals surface area contributed by atoms with E-state index < -0.39 is 23.3 Å². The molecule has 0 amide bonds. The lowest BCUT2D eigenvalue weighted by molar-refractivity contribution is -0.0834. The smallest absolute Gasteiger partial charge is 0.132 e. The number of hydrogen-bond donors (Lipinski definition) is 2.